The standard InChI is InChI=1S/C24H31FO6.C22H29FO4/c1-21(2)30-19-9-14-13-8-16(25)15-7-12(27)5-6-22(15,3)20(13)17(28)10-23(14,4)24(19,31-21)18(29)11-26;1-11-6-14-13-8-16(23)15-7-12(25)4-5-21(15,2)20(13)17(26)9-22(14,3)19(11)18(27)10-24/h5-7,13-14,16-17,19-20,26,28H,8-11H2,1-4H3;4-5,7,11,13-14,16-17,19-20,24,26H,6,8-10H2,1-3H3/t13-,14-,16-,17-,19+,20+,22-,23-,24+;11-,13+,14+,16+,17+,19-,20-,21+,22+/m01/s1. The summed E-state index contributed by atoms with van der Waals surface area (Å²) in [7, 11) is 0. The molecule has 1 saturated heterocycles. The zero-order valence-corrected chi connectivity index (χ0v) is 34.6. The van der Waals surface area contributed by atoms with Gasteiger partial charge in [-0.15, -0.1) is 0 Å². The van der Waals surface area contributed by atoms with Gasteiger partial charge in [0.05, 0.1) is 18.3 Å². The summed E-state index contributed by atoms with van der Waals surface area (Å²) in [5, 5.41) is 41.9. The van der Waals surface area contributed by atoms with Gasteiger partial charge in [-0.05, 0) is 123 Å². The number of aliphatic hydroxyl groups is 4. The van der Waals surface area contributed by atoms with E-state index < -0.39 is 82.7 Å². The van der Waals surface area contributed by atoms with Crippen LogP contribution in [-0.4, -0.2) is 98.8 Å². The lowest BCUT2D eigenvalue weighted by Crippen LogP contribution is -2.64. The number of carbonyl (C=O) groups is 4. The Kier molecular flexibility index (Phi) is 9.86. The molecule has 4 N–H and O–H groups in total. The molecule has 318 valence electrons. The van der Waals surface area contributed by atoms with Crippen LogP contribution in [-0.2, 0) is 28.7 Å². The van der Waals surface area contributed by atoms with Crippen LogP contribution in [0.15, 0.2) is 47.6 Å². The average Bonchev–Trinajstić information content (AvgIpc) is 3.67. The van der Waals surface area contributed by atoms with Gasteiger partial charge < -0.3 is 29.9 Å². The minimum atomic E-state index is -1.37. The molecule has 9 aliphatic rings. The summed E-state index contributed by atoms with van der Waals surface area (Å²) in [6.45, 7) is 12.2. The van der Waals surface area contributed by atoms with Crippen LogP contribution in [0.3, 0.4) is 0 Å². The maximum absolute atomic E-state index is 15.4. The van der Waals surface area contributed by atoms with Gasteiger partial charge in [-0.3, -0.25) is 19.2 Å². The Balaban J connectivity index is 0.000000164. The van der Waals surface area contributed by atoms with E-state index in [2.05, 4.69) is 0 Å². The molecule has 0 aromatic rings. The monoisotopic (exact) mass is 810 g/mol. The quantitative estimate of drug-likeness (QED) is 0.307. The first kappa shape index (κ1) is 42.0. The van der Waals surface area contributed by atoms with Crippen LogP contribution in [0.4, 0.5) is 8.78 Å². The second kappa shape index (κ2) is 13.6. The van der Waals surface area contributed by atoms with Gasteiger partial charge in [0.25, 0.3) is 0 Å². The van der Waals surface area contributed by atoms with Crippen LogP contribution in [0.5, 0.6) is 0 Å². The highest BCUT2D eigenvalue weighted by atomic mass is 19.1. The number of ether oxygens (including phenoxy) is 2. The van der Waals surface area contributed by atoms with Crippen molar-refractivity contribution in [1.29, 1.82) is 0 Å². The Morgan fingerprint density at radius 2 is 1.28 bits per heavy atom. The Morgan fingerprint density at radius 1 is 0.759 bits per heavy atom. The predicted octanol–water partition coefficient (Wildman–Crippen LogP) is 4.91. The second-order valence-corrected chi connectivity index (χ2v) is 20.7. The maximum atomic E-state index is 15.4. The van der Waals surface area contributed by atoms with E-state index in [0.717, 1.165) is 6.42 Å². The second-order valence-electron chi connectivity index (χ2n) is 20.7. The molecular weight excluding hydrogens is 750 g/mol. The summed E-state index contributed by atoms with van der Waals surface area (Å²) in [6, 6.07) is 0. The van der Waals surface area contributed by atoms with Crippen molar-refractivity contribution in [2.75, 3.05) is 13.2 Å². The molecule has 58 heavy (non-hydrogen) atoms. The summed E-state index contributed by atoms with van der Waals surface area (Å²) in [5.41, 5.74) is -3.10. The highest BCUT2D eigenvalue weighted by molar-refractivity contribution is 6.02. The molecule has 6 saturated carbocycles. The number of allylic oxidation sites excluding steroid dienone is 8. The van der Waals surface area contributed by atoms with Crippen LogP contribution in [0.1, 0.15) is 87.0 Å². The molecule has 7 fully saturated rings. The van der Waals surface area contributed by atoms with Gasteiger partial charge in [-0.25, -0.2) is 8.78 Å². The lowest BCUT2D eigenvalue weighted by molar-refractivity contribution is -0.226. The average molecular weight is 811 g/mol. The molecule has 1 heterocycles. The lowest BCUT2D eigenvalue weighted by atomic mass is 9.46. The van der Waals surface area contributed by atoms with Crippen molar-refractivity contribution in [2.45, 2.75) is 129 Å². The van der Waals surface area contributed by atoms with Crippen molar-refractivity contribution in [3.05, 3.63) is 47.6 Å². The minimum absolute atomic E-state index is 0.0484. The molecule has 12 heteroatoms. The van der Waals surface area contributed by atoms with E-state index in [1.807, 2.05) is 34.6 Å². The molecule has 10 nitrogen and oxygen atoms in total. The number of ketones is 4. The fourth-order valence-electron chi connectivity index (χ4n) is 15.5. The van der Waals surface area contributed by atoms with Crippen molar-refractivity contribution in [3.8, 4) is 0 Å². The molecule has 0 spiro atoms. The number of hydrogen-bond acceptors (Lipinski definition) is 10. The van der Waals surface area contributed by atoms with Gasteiger partial charge in [-0.1, -0.05) is 46.8 Å². The molecule has 18 atom stereocenters. The van der Waals surface area contributed by atoms with Crippen LogP contribution in [0.25, 0.3) is 0 Å². The first-order valence-corrected chi connectivity index (χ1v) is 21.2. The van der Waals surface area contributed by atoms with E-state index in [1.54, 1.807) is 26.0 Å². The van der Waals surface area contributed by atoms with Crippen molar-refractivity contribution in [3.63, 3.8) is 0 Å². The van der Waals surface area contributed by atoms with E-state index in [4.69, 9.17) is 9.47 Å². The van der Waals surface area contributed by atoms with Crippen LogP contribution < -0.4 is 0 Å². The van der Waals surface area contributed by atoms with Crippen molar-refractivity contribution >= 4 is 23.1 Å². The van der Waals surface area contributed by atoms with Gasteiger partial charge in [0.1, 0.15) is 25.6 Å². The first-order chi connectivity index (χ1) is 27.0. The van der Waals surface area contributed by atoms with Crippen molar-refractivity contribution in [2.24, 2.45) is 69.0 Å². The summed E-state index contributed by atoms with van der Waals surface area (Å²) in [5.74, 6) is -2.90. The topological polar surface area (TPSA) is 168 Å². The van der Waals surface area contributed by atoms with Crippen molar-refractivity contribution in [1.82, 2.24) is 0 Å². The smallest absolute Gasteiger partial charge is 0.193 e. The summed E-state index contributed by atoms with van der Waals surface area (Å²) >= 11 is 0. The molecule has 0 bridgehead atoms. The number of Topliss-reactive ketones (excluding diaryl/α,β-unsaturated/α-hetero) is 2. The van der Waals surface area contributed by atoms with E-state index in [9.17, 15) is 39.6 Å². The highest BCUT2D eigenvalue weighted by Gasteiger charge is 2.77. The largest absolute Gasteiger partial charge is 0.393 e. The van der Waals surface area contributed by atoms with E-state index in [-0.39, 0.29) is 84.0 Å². The van der Waals surface area contributed by atoms with Gasteiger partial charge in [0, 0.05) is 34.0 Å². The lowest BCUT2D eigenvalue weighted by Gasteiger charge is -2.60. The normalized spacial score (nSPS) is 51.7. The van der Waals surface area contributed by atoms with Gasteiger partial charge >= 0.3 is 0 Å². The first-order valence-electron chi connectivity index (χ1n) is 21.2. The third-order valence-corrected chi connectivity index (χ3v) is 17.3. The summed E-state index contributed by atoms with van der Waals surface area (Å²) in [6.07, 6.45) is 7.29. The van der Waals surface area contributed by atoms with E-state index in [0.29, 0.717) is 24.0 Å². The number of carbonyl (C=O) groups excluding carboxylic acids is 4. The Morgan fingerprint density at radius 3 is 1.79 bits per heavy atom. The van der Waals surface area contributed by atoms with Crippen LogP contribution in [0, 0.1) is 69.0 Å². The predicted molar refractivity (Wildman–Crippen MR) is 207 cm³/mol. The molecule has 0 amide bonds. The number of aliphatic hydroxyl groups excluding tert-OH is 4. The van der Waals surface area contributed by atoms with Crippen molar-refractivity contribution < 1.29 is 57.9 Å². The summed E-state index contributed by atoms with van der Waals surface area (Å²) < 4.78 is 43.1. The van der Waals surface area contributed by atoms with Crippen LogP contribution >= 0.6 is 0 Å². The van der Waals surface area contributed by atoms with Crippen LogP contribution in [0.2, 0.25) is 0 Å². The Hall–Kier alpha value is -2.74. The highest BCUT2D eigenvalue weighted by Crippen LogP contribution is 2.71. The van der Waals surface area contributed by atoms with Gasteiger partial charge in [-0.2, -0.15) is 0 Å². The third kappa shape index (κ3) is 5.59. The van der Waals surface area contributed by atoms with Gasteiger partial charge in [0.2, 0.25) is 0 Å². The fourth-order valence-corrected chi connectivity index (χ4v) is 15.5. The van der Waals surface area contributed by atoms with E-state index >= 15 is 8.78 Å². The molecule has 9 rings (SSSR count). The molecular formula is C46H60F2O10. The maximum Gasteiger partial charge on any atom is 0.193 e. The zero-order valence-electron chi connectivity index (χ0n) is 34.6. The minimum Gasteiger partial charge on any atom is -0.393 e. The molecule has 0 aromatic carbocycles. The molecule has 8 aliphatic carbocycles. The molecule has 0 radical (unpaired) electrons. The molecule has 0 aromatic heterocycles. The van der Waals surface area contributed by atoms with Gasteiger partial charge in [0.15, 0.2) is 34.5 Å². The number of hydrogen-bond donors (Lipinski definition) is 4. The summed E-state index contributed by atoms with van der Waals surface area (Å²) in [4.78, 5) is 49.4. The number of fused-ring (bicyclic) bond motifs is 12. The number of halogens is 2. The Labute approximate surface area is 339 Å². The van der Waals surface area contributed by atoms with E-state index in [1.165, 1.54) is 24.3 Å². The fraction of sp³-hybridized carbons (Fsp3) is 0.739. The molecule has 0 unspecified atom stereocenters. The SMILES string of the molecule is CC1(C)O[C@@H]2C[C@H]3[C@@H]4C[C@H](F)C5=CC(=O)C=C[C@]5(C)[C@H]4[C@@H](O)C[C@]3(C)[C@]2(C(=O)CO)O1.C[C@@H]1C[C@H]2[C@@H]3C[C@H](F)C4=CC(=O)C=C[C@]4(C)[C@H]3[C@@H](O)C[C@]2(C)[C@H]1C(=O)CO. The number of rotatable bonds is 4. The third-order valence-electron chi connectivity index (χ3n) is 17.3. The number of alkyl halides is 2. The zero-order chi connectivity index (χ0) is 42.3. The Bertz CT molecular complexity index is 1920. The molecule has 1 aliphatic heterocycles.